The number of amides is 2. The van der Waals surface area contributed by atoms with Crippen molar-refractivity contribution in [2.45, 2.75) is 122 Å². The molecule has 2 aliphatic rings. The molecule has 6 atom stereocenters. The molecule has 2 amide bonds. The molecule has 0 unspecified atom stereocenters. The molecule has 5 rings (SSSR count). The average molecular weight is 861 g/mol. The smallest absolute Gasteiger partial charge is 0.410 e. The van der Waals surface area contributed by atoms with Crippen LogP contribution in [0.5, 0.6) is 0 Å². The summed E-state index contributed by atoms with van der Waals surface area (Å²) in [5.74, 6) is -8.13. The van der Waals surface area contributed by atoms with Gasteiger partial charge in [-0.25, -0.2) is 27.2 Å². The van der Waals surface area contributed by atoms with Gasteiger partial charge in [0.25, 0.3) is 0 Å². The van der Waals surface area contributed by atoms with E-state index in [1.807, 2.05) is 30.3 Å². The van der Waals surface area contributed by atoms with Crippen LogP contribution >= 0.6 is 0 Å². The molecule has 3 aromatic rings. The van der Waals surface area contributed by atoms with Crippen molar-refractivity contribution >= 4 is 24.1 Å². The topological polar surface area (TPSA) is 163 Å². The number of carbonyl (C=O) groups is 4. The lowest BCUT2D eigenvalue weighted by Crippen LogP contribution is -2.50. The number of halogens is 4. The molecule has 334 valence electrons. The van der Waals surface area contributed by atoms with E-state index in [9.17, 15) is 52.1 Å². The van der Waals surface area contributed by atoms with Gasteiger partial charge in [0.2, 0.25) is 0 Å². The highest BCUT2D eigenvalue weighted by molar-refractivity contribution is 5.73. The van der Waals surface area contributed by atoms with Gasteiger partial charge in [-0.05, 0) is 121 Å². The zero-order valence-corrected chi connectivity index (χ0v) is 35.3. The van der Waals surface area contributed by atoms with Gasteiger partial charge in [0.15, 0.2) is 0 Å². The second-order valence-corrected chi connectivity index (χ2v) is 17.4. The van der Waals surface area contributed by atoms with E-state index in [0.29, 0.717) is 44.8 Å². The first-order valence-corrected chi connectivity index (χ1v) is 20.2. The van der Waals surface area contributed by atoms with E-state index in [2.05, 4.69) is 0 Å². The number of carboxylic acid groups (broad SMARTS) is 2. The van der Waals surface area contributed by atoms with Crippen molar-refractivity contribution in [2.24, 2.45) is 11.8 Å². The molecule has 12 nitrogen and oxygen atoms in total. The number of aliphatic hydroxyl groups is 1. The summed E-state index contributed by atoms with van der Waals surface area (Å²) in [4.78, 5) is 52.2. The minimum absolute atomic E-state index is 0.126. The molecule has 3 N–H and O–H groups in total. The van der Waals surface area contributed by atoms with E-state index < -0.39 is 94.7 Å². The average Bonchev–Trinajstić information content (AvgIpc) is 3.83. The van der Waals surface area contributed by atoms with Crippen molar-refractivity contribution in [3.63, 3.8) is 0 Å². The normalized spacial score (nSPS) is 18.7. The van der Waals surface area contributed by atoms with Crippen LogP contribution < -0.4 is 0 Å². The van der Waals surface area contributed by atoms with Crippen LogP contribution in [-0.4, -0.2) is 97.8 Å². The Labute approximate surface area is 353 Å². The Morgan fingerprint density at radius 1 is 0.639 bits per heavy atom. The fourth-order valence-electron chi connectivity index (χ4n) is 7.57. The van der Waals surface area contributed by atoms with Gasteiger partial charge < -0.3 is 39.3 Å². The monoisotopic (exact) mass is 860 g/mol. The van der Waals surface area contributed by atoms with Crippen LogP contribution in [0.1, 0.15) is 83.9 Å². The third-order valence-electron chi connectivity index (χ3n) is 10.1. The van der Waals surface area contributed by atoms with Gasteiger partial charge in [-0.3, -0.25) is 9.59 Å². The summed E-state index contributed by atoms with van der Waals surface area (Å²) in [5.41, 5.74) is -0.257. The van der Waals surface area contributed by atoms with Crippen LogP contribution in [0.25, 0.3) is 0 Å². The third kappa shape index (κ3) is 14.7. The predicted octanol–water partition coefficient (Wildman–Crippen LogP) is 8.16. The first-order chi connectivity index (χ1) is 28.5. The Balaban J connectivity index is 0.000000276. The maximum Gasteiger partial charge on any atom is 0.410 e. The van der Waals surface area contributed by atoms with E-state index >= 15 is 0 Å². The van der Waals surface area contributed by atoms with Crippen LogP contribution in [0, 0.1) is 35.1 Å². The Hall–Kier alpha value is -5.22. The van der Waals surface area contributed by atoms with Crippen LogP contribution in [-0.2, 0) is 43.2 Å². The number of ether oxygens (including phenoxy) is 3. The van der Waals surface area contributed by atoms with Gasteiger partial charge in [-0.2, -0.15) is 0 Å². The number of nitrogens with zero attached hydrogens (tertiary/aromatic N) is 2. The highest BCUT2D eigenvalue weighted by Crippen LogP contribution is 2.32. The molecular formula is C45H56F4N2O10. The number of aliphatic carboxylic acids is 2. The van der Waals surface area contributed by atoms with Crippen molar-refractivity contribution in [3.05, 3.63) is 107 Å². The standard InChI is InChI=1S/C26H31F2NO5.C19H25F2NO5/c1-26(2,3)34-25(32)29-11-7-10-22(29)23(33-16-17-8-5-4-6-9-17)21(24(30)31)14-18-12-19(27)15-20(28)13-18;1-19(2,3)27-18(26)22-6-4-5-15(22)16(23)14(17(24)25)9-11-7-12(20)10-13(21)8-11/h4-6,8-9,12-13,15,21-23H,7,10-11,14,16H2,1-3H3,(H,30,31);7-8,10,14-16,23H,4-6,9H2,1-3H3,(H,24,25)/t21-,22+,23-;14-,15+,16-/m00/s1. The molecule has 2 aliphatic heterocycles. The minimum Gasteiger partial charge on any atom is -0.481 e. The molecule has 2 heterocycles. The fraction of sp³-hybridized carbons (Fsp3) is 0.511. The number of likely N-dealkylation sites (tertiary alicyclic amines) is 2. The molecule has 2 fully saturated rings. The second kappa shape index (κ2) is 21.0. The minimum atomic E-state index is -1.40. The quantitative estimate of drug-likeness (QED) is 0.143. The van der Waals surface area contributed by atoms with Crippen LogP contribution in [0.3, 0.4) is 0 Å². The molecule has 2 saturated heterocycles. The van der Waals surface area contributed by atoms with E-state index in [0.717, 1.165) is 35.9 Å². The van der Waals surface area contributed by atoms with Gasteiger partial charge in [-0.15, -0.1) is 0 Å². The van der Waals surface area contributed by atoms with E-state index in [1.165, 1.54) is 9.80 Å². The van der Waals surface area contributed by atoms with Crippen molar-refractivity contribution in [1.82, 2.24) is 9.80 Å². The van der Waals surface area contributed by atoms with Crippen LogP contribution in [0.15, 0.2) is 66.7 Å². The summed E-state index contributed by atoms with van der Waals surface area (Å²) in [7, 11) is 0. The van der Waals surface area contributed by atoms with E-state index in [4.69, 9.17) is 14.2 Å². The third-order valence-corrected chi connectivity index (χ3v) is 10.1. The molecule has 3 aromatic carbocycles. The number of carbonyl (C=O) groups excluding carboxylic acids is 2. The largest absolute Gasteiger partial charge is 0.481 e. The van der Waals surface area contributed by atoms with Gasteiger partial charge in [0.05, 0.1) is 42.7 Å². The summed E-state index contributed by atoms with van der Waals surface area (Å²) >= 11 is 0. The van der Waals surface area contributed by atoms with Crippen molar-refractivity contribution in [1.29, 1.82) is 0 Å². The first kappa shape index (κ1) is 48.4. The van der Waals surface area contributed by atoms with E-state index in [1.54, 1.807) is 41.5 Å². The van der Waals surface area contributed by atoms with E-state index in [-0.39, 0.29) is 30.6 Å². The maximum absolute atomic E-state index is 13.8. The van der Waals surface area contributed by atoms with Gasteiger partial charge in [0, 0.05) is 25.2 Å². The fourth-order valence-corrected chi connectivity index (χ4v) is 7.57. The summed E-state index contributed by atoms with van der Waals surface area (Å²) < 4.78 is 71.4. The van der Waals surface area contributed by atoms with Crippen LogP contribution in [0.2, 0.25) is 0 Å². The number of rotatable bonds is 13. The highest BCUT2D eigenvalue weighted by atomic mass is 19.1. The lowest BCUT2D eigenvalue weighted by Gasteiger charge is -2.36. The van der Waals surface area contributed by atoms with Gasteiger partial charge in [0.1, 0.15) is 34.5 Å². The van der Waals surface area contributed by atoms with Gasteiger partial charge in [-0.1, -0.05) is 30.3 Å². The summed E-state index contributed by atoms with van der Waals surface area (Å²) in [5, 5.41) is 30.3. The number of aliphatic hydroxyl groups excluding tert-OH is 1. The molecule has 0 spiro atoms. The molecule has 0 radical (unpaired) electrons. The number of carboxylic acids is 2. The Bertz CT molecular complexity index is 1930. The summed E-state index contributed by atoms with van der Waals surface area (Å²) in [6, 6.07) is 13.7. The lowest BCUT2D eigenvalue weighted by molar-refractivity contribution is -0.151. The first-order valence-electron chi connectivity index (χ1n) is 20.2. The maximum atomic E-state index is 13.8. The molecular weight excluding hydrogens is 804 g/mol. The number of hydrogen-bond acceptors (Lipinski definition) is 8. The molecule has 0 saturated carbocycles. The highest BCUT2D eigenvalue weighted by Gasteiger charge is 2.44. The molecule has 0 aliphatic carbocycles. The lowest BCUT2D eigenvalue weighted by atomic mass is 9.88. The molecule has 61 heavy (non-hydrogen) atoms. The summed E-state index contributed by atoms with van der Waals surface area (Å²) in [6.07, 6.45) is -1.68. The van der Waals surface area contributed by atoms with Crippen molar-refractivity contribution in [3.8, 4) is 0 Å². The molecule has 0 bridgehead atoms. The Morgan fingerprint density at radius 2 is 1.05 bits per heavy atom. The zero-order valence-electron chi connectivity index (χ0n) is 35.3. The van der Waals surface area contributed by atoms with Crippen molar-refractivity contribution < 1.29 is 66.3 Å². The Morgan fingerprint density at radius 3 is 1.48 bits per heavy atom. The number of hydrogen-bond donors (Lipinski definition) is 3. The van der Waals surface area contributed by atoms with Gasteiger partial charge >= 0.3 is 24.1 Å². The number of benzene rings is 3. The summed E-state index contributed by atoms with van der Waals surface area (Å²) in [6.45, 7) is 11.3. The SMILES string of the molecule is CC(C)(C)OC(=O)N1CCC[C@@H]1[C@@H](O)[C@H](Cc1cc(F)cc(F)c1)C(=O)O.CC(C)(C)OC(=O)N1CCC[C@@H]1[C@@H](OCc1ccccc1)[C@H](Cc1cc(F)cc(F)c1)C(=O)O. The Kier molecular flexibility index (Phi) is 16.7. The van der Waals surface area contributed by atoms with Crippen LogP contribution in [0.4, 0.5) is 27.2 Å². The molecule has 16 heteroatoms. The zero-order chi connectivity index (χ0) is 45.2. The van der Waals surface area contributed by atoms with Crippen molar-refractivity contribution in [2.75, 3.05) is 13.1 Å². The molecule has 0 aromatic heterocycles. The predicted molar refractivity (Wildman–Crippen MR) is 215 cm³/mol. The second-order valence-electron chi connectivity index (χ2n) is 17.4.